The summed E-state index contributed by atoms with van der Waals surface area (Å²) in [7, 11) is 3.25. The fourth-order valence-corrected chi connectivity index (χ4v) is 2.05. The molecule has 104 valence electrons. The number of benzene rings is 1. The van der Waals surface area contributed by atoms with E-state index in [1.807, 2.05) is 32.0 Å². The highest BCUT2D eigenvalue weighted by molar-refractivity contribution is 5.77. The zero-order chi connectivity index (χ0) is 13.8. The number of nitrogens with one attached hydrogen (secondary N) is 1. The number of ether oxygens (including phenoxy) is 2. The third-order valence-electron chi connectivity index (χ3n) is 3.00. The second-order valence-corrected chi connectivity index (χ2v) is 4.42. The van der Waals surface area contributed by atoms with Gasteiger partial charge in [-0.15, -0.1) is 0 Å². The summed E-state index contributed by atoms with van der Waals surface area (Å²) in [4.78, 5) is 4.42. The molecule has 2 rings (SSSR count). The Morgan fingerprint density at radius 3 is 2.68 bits per heavy atom. The first-order valence-corrected chi connectivity index (χ1v) is 6.39. The van der Waals surface area contributed by atoms with Crippen molar-refractivity contribution in [1.29, 1.82) is 0 Å². The van der Waals surface area contributed by atoms with E-state index in [1.54, 1.807) is 14.2 Å². The lowest BCUT2D eigenvalue weighted by Crippen LogP contribution is -2.33. The van der Waals surface area contributed by atoms with Crippen molar-refractivity contribution >= 4 is 16.8 Å². The molecular formula is C14H20N2O3. The van der Waals surface area contributed by atoms with Gasteiger partial charge in [0.25, 0.3) is 0 Å². The monoisotopic (exact) mass is 264 g/mol. The van der Waals surface area contributed by atoms with Gasteiger partial charge in [0.05, 0.1) is 6.04 Å². The summed E-state index contributed by atoms with van der Waals surface area (Å²) in [5, 5.41) is 3.33. The molecule has 0 aliphatic carbocycles. The Bertz CT molecular complexity index is 534. The number of nitrogens with zero attached hydrogens (tertiary/aromatic N) is 1. The molecule has 5 nitrogen and oxygen atoms in total. The van der Waals surface area contributed by atoms with Crippen molar-refractivity contribution in [2.45, 2.75) is 32.6 Å². The Labute approximate surface area is 112 Å². The van der Waals surface area contributed by atoms with Crippen LogP contribution in [-0.4, -0.2) is 31.5 Å². The Hall–Kier alpha value is -1.59. The molecule has 2 aromatic rings. The summed E-state index contributed by atoms with van der Waals surface area (Å²) in [5.74, 6) is 0.756. The van der Waals surface area contributed by atoms with Crippen LogP contribution >= 0.6 is 0 Å². The van der Waals surface area contributed by atoms with Crippen molar-refractivity contribution in [3.8, 4) is 0 Å². The number of hydrogen-bond donors (Lipinski definition) is 1. The smallest absolute Gasteiger partial charge is 0.195 e. The fraction of sp³-hybridized carbons (Fsp3) is 0.500. The quantitative estimate of drug-likeness (QED) is 0.813. The van der Waals surface area contributed by atoms with Gasteiger partial charge in [0.2, 0.25) is 0 Å². The highest BCUT2D eigenvalue weighted by atomic mass is 16.7. The van der Waals surface area contributed by atoms with Gasteiger partial charge in [-0.2, -0.15) is 0 Å². The van der Waals surface area contributed by atoms with Gasteiger partial charge in [-0.1, -0.05) is 6.92 Å². The van der Waals surface area contributed by atoms with Crippen molar-refractivity contribution in [1.82, 2.24) is 4.98 Å². The minimum atomic E-state index is -0.292. The third kappa shape index (κ3) is 3.05. The van der Waals surface area contributed by atoms with Crippen molar-refractivity contribution in [2.24, 2.45) is 0 Å². The molecule has 0 aliphatic rings. The SMILES string of the molecule is CCc1nc2cc(NC(C)C(OC)OC)ccc2o1. The maximum absolute atomic E-state index is 5.58. The molecule has 0 aliphatic heterocycles. The van der Waals surface area contributed by atoms with Crippen molar-refractivity contribution in [3.63, 3.8) is 0 Å². The molecule has 1 heterocycles. The van der Waals surface area contributed by atoms with Gasteiger partial charge in [-0.05, 0) is 25.1 Å². The predicted molar refractivity (Wildman–Crippen MR) is 74.3 cm³/mol. The number of oxazole rings is 1. The second kappa shape index (κ2) is 6.04. The van der Waals surface area contributed by atoms with Gasteiger partial charge in [-0.25, -0.2) is 4.98 Å². The highest BCUT2D eigenvalue weighted by Crippen LogP contribution is 2.21. The maximum Gasteiger partial charge on any atom is 0.195 e. The average Bonchev–Trinajstić information content (AvgIpc) is 2.82. The molecule has 0 bridgehead atoms. The second-order valence-electron chi connectivity index (χ2n) is 4.42. The average molecular weight is 264 g/mol. The molecule has 1 aromatic carbocycles. The van der Waals surface area contributed by atoms with Crippen molar-refractivity contribution < 1.29 is 13.9 Å². The number of anilines is 1. The van der Waals surface area contributed by atoms with E-state index >= 15 is 0 Å². The van der Waals surface area contributed by atoms with E-state index in [9.17, 15) is 0 Å². The van der Waals surface area contributed by atoms with Gasteiger partial charge in [0.15, 0.2) is 17.8 Å². The Balaban J connectivity index is 2.16. The predicted octanol–water partition coefficient (Wildman–Crippen LogP) is 2.81. The number of rotatable bonds is 6. The summed E-state index contributed by atoms with van der Waals surface area (Å²) < 4.78 is 16.0. The largest absolute Gasteiger partial charge is 0.441 e. The first kappa shape index (κ1) is 13.8. The Morgan fingerprint density at radius 1 is 1.32 bits per heavy atom. The van der Waals surface area contributed by atoms with Gasteiger partial charge in [0.1, 0.15) is 5.52 Å². The highest BCUT2D eigenvalue weighted by Gasteiger charge is 2.15. The topological polar surface area (TPSA) is 56.5 Å². The van der Waals surface area contributed by atoms with Crippen molar-refractivity contribution in [3.05, 3.63) is 24.1 Å². The van der Waals surface area contributed by atoms with E-state index in [2.05, 4.69) is 10.3 Å². The van der Waals surface area contributed by atoms with Crippen LogP contribution in [0.2, 0.25) is 0 Å². The van der Waals surface area contributed by atoms with Gasteiger partial charge in [-0.3, -0.25) is 0 Å². The standard InChI is InChI=1S/C14H20N2O3/c1-5-13-16-11-8-10(6-7-12(11)19-13)15-9(2)14(17-3)18-4/h6-9,14-15H,5H2,1-4H3. The number of fused-ring (bicyclic) bond motifs is 1. The molecule has 0 radical (unpaired) electrons. The van der Waals surface area contributed by atoms with Crippen LogP contribution in [0.3, 0.4) is 0 Å². The number of hydrogen-bond acceptors (Lipinski definition) is 5. The van der Waals surface area contributed by atoms with E-state index < -0.39 is 0 Å². The molecule has 1 N–H and O–H groups in total. The van der Waals surface area contributed by atoms with Crippen LogP contribution in [0.15, 0.2) is 22.6 Å². The zero-order valence-electron chi connectivity index (χ0n) is 11.8. The molecule has 0 spiro atoms. The number of aromatic nitrogens is 1. The molecule has 0 fully saturated rings. The van der Waals surface area contributed by atoms with Crippen LogP contribution in [-0.2, 0) is 15.9 Å². The molecule has 1 atom stereocenters. The van der Waals surface area contributed by atoms with Gasteiger partial charge >= 0.3 is 0 Å². The van der Waals surface area contributed by atoms with Gasteiger partial charge < -0.3 is 19.2 Å². The Kier molecular flexibility index (Phi) is 4.39. The van der Waals surface area contributed by atoms with E-state index in [0.29, 0.717) is 0 Å². The molecular weight excluding hydrogens is 244 g/mol. The number of aryl methyl sites for hydroxylation is 1. The summed E-state index contributed by atoms with van der Waals surface area (Å²) >= 11 is 0. The van der Waals surface area contributed by atoms with Crippen molar-refractivity contribution in [2.75, 3.05) is 19.5 Å². The summed E-state index contributed by atoms with van der Waals surface area (Å²) in [6.45, 7) is 4.02. The summed E-state index contributed by atoms with van der Waals surface area (Å²) in [6, 6.07) is 5.89. The molecule has 0 saturated carbocycles. The zero-order valence-corrected chi connectivity index (χ0v) is 11.8. The molecule has 19 heavy (non-hydrogen) atoms. The first-order chi connectivity index (χ1) is 9.17. The molecule has 1 aromatic heterocycles. The van der Waals surface area contributed by atoms with E-state index in [-0.39, 0.29) is 12.3 Å². The molecule has 5 heteroatoms. The lowest BCUT2D eigenvalue weighted by molar-refractivity contribution is -0.109. The fourth-order valence-electron chi connectivity index (χ4n) is 2.05. The molecule has 1 unspecified atom stereocenters. The third-order valence-corrected chi connectivity index (χ3v) is 3.00. The lowest BCUT2D eigenvalue weighted by atomic mass is 10.2. The van der Waals surface area contributed by atoms with Crippen LogP contribution in [0.25, 0.3) is 11.1 Å². The van der Waals surface area contributed by atoms with E-state index in [0.717, 1.165) is 29.1 Å². The maximum atomic E-state index is 5.58. The Morgan fingerprint density at radius 2 is 2.05 bits per heavy atom. The number of methoxy groups -OCH3 is 2. The summed E-state index contributed by atoms with van der Waals surface area (Å²) in [6.07, 6.45) is 0.503. The van der Waals surface area contributed by atoms with Crippen LogP contribution in [0, 0.1) is 0 Å². The molecule has 0 amide bonds. The molecule has 0 saturated heterocycles. The summed E-state index contributed by atoms with van der Waals surface area (Å²) in [5.41, 5.74) is 2.64. The minimum Gasteiger partial charge on any atom is -0.441 e. The van der Waals surface area contributed by atoms with Crippen LogP contribution in [0.1, 0.15) is 19.7 Å². The normalized spacial score (nSPS) is 13.1. The van der Waals surface area contributed by atoms with Crippen LogP contribution < -0.4 is 5.32 Å². The van der Waals surface area contributed by atoms with Crippen LogP contribution in [0.5, 0.6) is 0 Å². The van der Waals surface area contributed by atoms with Gasteiger partial charge in [0, 0.05) is 26.3 Å². The minimum absolute atomic E-state index is 0.0324. The van der Waals surface area contributed by atoms with Crippen LogP contribution in [0.4, 0.5) is 5.69 Å². The van der Waals surface area contributed by atoms with E-state index in [4.69, 9.17) is 13.9 Å². The lowest BCUT2D eigenvalue weighted by Gasteiger charge is -2.22. The van der Waals surface area contributed by atoms with E-state index in [1.165, 1.54) is 0 Å². The first-order valence-electron chi connectivity index (χ1n) is 6.39.